The molecule has 0 bridgehead atoms. The molecule has 9 heteroatoms. The molecule has 8 nitrogen and oxygen atoms in total. The second-order valence-corrected chi connectivity index (χ2v) is 6.00. The Morgan fingerprint density at radius 1 is 1.45 bits per heavy atom. The van der Waals surface area contributed by atoms with Crippen LogP contribution in [0.5, 0.6) is 5.75 Å². The van der Waals surface area contributed by atoms with Crippen molar-refractivity contribution in [3.05, 3.63) is 28.3 Å². The average Bonchev–Trinajstić information content (AvgIpc) is 2.53. The van der Waals surface area contributed by atoms with Gasteiger partial charge in [0.1, 0.15) is 0 Å². The number of hydrogen-bond acceptors (Lipinski definition) is 6. The van der Waals surface area contributed by atoms with Gasteiger partial charge in [0.15, 0.2) is 12.4 Å². The number of nitrogens with zero attached hydrogens (tertiary/aromatic N) is 2. The molecule has 0 N–H and O–H groups in total. The smallest absolute Gasteiger partial charge is 0.312 e. The third-order valence-corrected chi connectivity index (χ3v) is 4.09. The Hall–Kier alpha value is -2.00. The number of nitro groups is 1. The summed E-state index contributed by atoms with van der Waals surface area (Å²) in [4.78, 5) is 24.3. The van der Waals surface area contributed by atoms with Gasteiger partial charge in [-0.25, -0.2) is 0 Å². The molecule has 1 aromatic rings. The third kappa shape index (κ3) is 4.01. The van der Waals surface area contributed by atoms with Crippen LogP contribution in [0, 0.1) is 10.1 Å². The van der Waals surface area contributed by atoms with Crippen LogP contribution in [0.3, 0.4) is 0 Å². The summed E-state index contributed by atoms with van der Waals surface area (Å²) in [6.45, 7) is 1.64. The van der Waals surface area contributed by atoms with Gasteiger partial charge >= 0.3 is 5.69 Å². The molecular formula is C13H16N2O6S. The highest BCUT2D eigenvalue weighted by molar-refractivity contribution is 7.84. The van der Waals surface area contributed by atoms with E-state index in [-0.39, 0.29) is 24.0 Å². The zero-order valence-corrected chi connectivity index (χ0v) is 12.8. The van der Waals surface area contributed by atoms with E-state index in [4.69, 9.17) is 9.47 Å². The fraction of sp³-hybridized carbons (Fsp3) is 0.462. The molecule has 0 aromatic heterocycles. The number of morpholine rings is 1. The van der Waals surface area contributed by atoms with Crippen LogP contribution < -0.4 is 4.74 Å². The number of rotatable bonds is 5. The second kappa shape index (κ2) is 7.32. The van der Waals surface area contributed by atoms with E-state index in [9.17, 15) is 19.1 Å². The summed E-state index contributed by atoms with van der Waals surface area (Å²) in [6.07, 6.45) is 1.43. The lowest BCUT2D eigenvalue weighted by Gasteiger charge is -2.26. The molecular weight excluding hydrogens is 312 g/mol. The third-order valence-electron chi connectivity index (χ3n) is 3.17. The lowest BCUT2D eigenvalue weighted by Crippen LogP contribution is -2.43. The molecule has 1 aromatic carbocycles. The van der Waals surface area contributed by atoms with Gasteiger partial charge in [-0.2, -0.15) is 0 Å². The van der Waals surface area contributed by atoms with Gasteiger partial charge in [-0.3, -0.25) is 19.1 Å². The first kappa shape index (κ1) is 16.4. The van der Waals surface area contributed by atoms with Crippen LogP contribution in [-0.2, 0) is 20.3 Å². The first-order valence-corrected chi connectivity index (χ1v) is 8.15. The number of ether oxygens (including phenoxy) is 2. The maximum atomic E-state index is 12.0. The van der Waals surface area contributed by atoms with Crippen LogP contribution in [0.1, 0.15) is 0 Å². The van der Waals surface area contributed by atoms with Crippen LogP contribution in [0.4, 0.5) is 5.69 Å². The van der Waals surface area contributed by atoms with Crippen molar-refractivity contribution in [2.45, 2.75) is 4.90 Å². The quantitative estimate of drug-likeness (QED) is 0.579. The molecule has 1 aliphatic rings. The minimum atomic E-state index is -1.33. The Bertz CT molecular complexity index is 600. The van der Waals surface area contributed by atoms with E-state index in [1.165, 1.54) is 24.5 Å². The van der Waals surface area contributed by atoms with Crippen LogP contribution in [0.2, 0.25) is 0 Å². The van der Waals surface area contributed by atoms with Gasteiger partial charge < -0.3 is 14.4 Å². The fourth-order valence-corrected chi connectivity index (χ4v) is 2.52. The number of benzene rings is 1. The molecule has 120 valence electrons. The maximum absolute atomic E-state index is 12.0. The van der Waals surface area contributed by atoms with Crippen molar-refractivity contribution in [3.63, 3.8) is 0 Å². The highest BCUT2D eigenvalue weighted by atomic mass is 32.2. The predicted molar refractivity (Wildman–Crippen MR) is 78.3 cm³/mol. The molecule has 1 aliphatic heterocycles. The van der Waals surface area contributed by atoms with Crippen molar-refractivity contribution in [1.82, 2.24) is 4.90 Å². The van der Waals surface area contributed by atoms with E-state index in [2.05, 4.69) is 0 Å². The van der Waals surface area contributed by atoms with E-state index in [0.29, 0.717) is 31.2 Å². The normalized spacial score (nSPS) is 16.1. The van der Waals surface area contributed by atoms with Crippen molar-refractivity contribution in [1.29, 1.82) is 0 Å². The monoisotopic (exact) mass is 328 g/mol. The molecule has 1 saturated heterocycles. The number of hydrogen-bond donors (Lipinski definition) is 0. The fourth-order valence-electron chi connectivity index (χ4n) is 1.98. The SMILES string of the molecule is C[S@@](=O)c1ccc(OCC(=O)N2CCOCC2)c([N+](=O)[O-])c1. The molecule has 1 atom stereocenters. The first-order chi connectivity index (χ1) is 10.5. The molecule has 0 saturated carbocycles. The van der Waals surface area contributed by atoms with Crippen LogP contribution in [-0.4, -0.2) is 59.1 Å². The molecule has 1 heterocycles. The molecule has 0 radical (unpaired) electrons. The topological polar surface area (TPSA) is 99.0 Å². The lowest BCUT2D eigenvalue weighted by atomic mass is 10.3. The van der Waals surface area contributed by atoms with Gasteiger partial charge in [0.25, 0.3) is 5.91 Å². The van der Waals surface area contributed by atoms with Crippen LogP contribution >= 0.6 is 0 Å². The van der Waals surface area contributed by atoms with Crippen molar-refractivity contribution in [2.75, 3.05) is 39.2 Å². The largest absolute Gasteiger partial charge is 0.477 e. The molecule has 22 heavy (non-hydrogen) atoms. The van der Waals surface area contributed by atoms with Crippen molar-refractivity contribution >= 4 is 22.4 Å². The van der Waals surface area contributed by atoms with E-state index < -0.39 is 15.7 Å². The van der Waals surface area contributed by atoms with E-state index in [0.717, 1.165) is 0 Å². The maximum Gasteiger partial charge on any atom is 0.312 e. The van der Waals surface area contributed by atoms with Gasteiger partial charge in [0.2, 0.25) is 0 Å². The van der Waals surface area contributed by atoms with Crippen molar-refractivity contribution < 1.29 is 23.4 Å². The van der Waals surface area contributed by atoms with Crippen LogP contribution in [0.25, 0.3) is 0 Å². The Labute approximate surface area is 129 Å². The summed E-state index contributed by atoms with van der Waals surface area (Å²) < 4.78 is 21.8. The Balaban J connectivity index is 2.07. The Morgan fingerprint density at radius 2 is 2.14 bits per heavy atom. The first-order valence-electron chi connectivity index (χ1n) is 6.59. The average molecular weight is 328 g/mol. The second-order valence-electron chi connectivity index (χ2n) is 4.62. The molecule has 0 aliphatic carbocycles. The summed E-state index contributed by atoms with van der Waals surface area (Å²) in [5.74, 6) is -0.262. The van der Waals surface area contributed by atoms with Gasteiger partial charge in [-0.05, 0) is 12.1 Å². The number of carbonyl (C=O) groups excluding carboxylic acids is 1. The summed E-state index contributed by atoms with van der Waals surface area (Å²) in [6, 6.07) is 4.05. The van der Waals surface area contributed by atoms with Gasteiger partial charge in [-0.1, -0.05) is 0 Å². The number of carbonyl (C=O) groups is 1. The van der Waals surface area contributed by atoms with Crippen LogP contribution in [0.15, 0.2) is 23.1 Å². The molecule has 0 unspecified atom stereocenters. The predicted octanol–water partition coefficient (Wildman–Crippen LogP) is 0.570. The molecule has 2 rings (SSSR count). The van der Waals surface area contributed by atoms with E-state index in [1.54, 1.807) is 4.90 Å². The minimum absolute atomic E-state index is 0.0131. The molecule has 1 fully saturated rings. The lowest BCUT2D eigenvalue weighted by molar-refractivity contribution is -0.386. The highest BCUT2D eigenvalue weighted by Gasteiger charge is 2.21. The summed E-state index contributed by atoms with van der Waals surface area (Å²) in [5.41, 5.74) is -0.303. The minimum Gasteiger partial charge on any atom is -0.477 e. The molecule has 0 spiro atoms. The zero-order valence-electron chi connectivity index (χ0n) is 12.0. The van der Waals surface area contributed by atoms with E-state index in [1.807, 2.05) is 0 Å². The van der Waals surface area contributed by atoms with Crippen molar-refractivity contribution in [2.24, 2.45) is 0 Å². The molecule has 1 amide bonds. The Kier molecular flexibility index (Phi) is 5.45. The van der Waals surface area contributed by atoms with Gasteiger partial charge in [-0.15, -0.1) is 0 Å². The van der Waals surface area contributed by atoms with E-state index >= 15 is 0 Å². The van der Waals surface area contributed by atoms with Gasteiger partial charge in [0.05, 0.1) is 28.9 Å². The summed E-state index contributed by atoms with van der Waals surface area (Å²) in [5, 5.41) is 11.1. The van der Waals surface area contributed by atoms with Gasteiger partial charge in [0, 0.05) is 30.3 Å². The summed E-state index contributed by atoms with van der Waals surface area (Å²) >= 11 is 0. The number of amides is 1. The number of nitro benzene ring substituents is 1. The van der Waals surface area contributed by atoms with Crippen molar-refractivity contribution in [3.8, 4) is 5.75 Å². The summed E-state index contributed by atoms with van der Waals surface area (Å²) in [7, 11) is -1.33. The highest BCUT2D eigenvalue weighted by Crippen LogP contribution is 2.29. The Morgan fingerprint density at radius 3 is 2.73 bits per heavy atom. The zero-order chi connectivity index (χ0) is 16.1. The standard InChI is InChI=1S/C13H16N2O6S/c1-22(19)10-2-3-12(11(8-10)15(17)18)21-9-13(16)14-4-6-20-7-5-14/h2-3,8H,4-7,9H2,1H3/t22-/m1/s1.